The minimum Gasteiger partial charge on any atom is -0.490 e. The van der Waals surface area contributed by atoms with E-state index in [4.69, 9.17) is 14.2 Å². The molecule has 2 aromatic carbocycles. The smallest absolute Gasteiger partial charge is 0.410 e. The number of benzene rings is 2. The fraction of sp³-hybridized carbons (Fsp3) is 0.519. The van der Waals surface area contributed by atoms with E-state index in [-0.39, 0.29) is 6.09 Å². The molecule has 0 N–H and O–H groups in total. The average Bonchev–Trinajstić information content (AvgIpc) is 2.97. The summed E-state index contributed by atoms with van der Waals surface area (Å²) in [5.74, 6) is 0.951. The zero-order valence-corrected chi connectivity index (χ0v) is 20.6. The number of nitrogens with zero attached hydrogens (tertiary/aromatic N) is 2. The Hall–Kier alpha value is -2.73. The Kier molecular flexibility index (Phi) is 6.84. The predicted octanol–water partition coefficient (Wildman–Crippen LogP) is 4.88. The molecule has 0 atom stereocenters. The molecule has 0 spiro atoms. The van der Waals surface area contributed by atoms with Crippen molar-refractivity contribution in [3.63, 3.8) is 0 Å². The molecule has 0 unspecified atom stereocenters. The molecule has 1 amide bonds. The van der Waals surface area contributed by atoms with E-state index in [0.29, 0.717) is 26.3 Å². The van der Waals surface area contributed by atoms with E-state index >= 15 is 0 Å². The van der Waals surface area contributed by atoms with Gasteiger partial charge in [-0.05, 0) is 74.4 Å². The van der Waals surface area contributed by atoms with Crippen LogP contribution in [0.3, 0.4) is 0 Å². The molecule has 33 heavy (non-hydrogen) atoms. The summed E-state index contributed by atoms with van der Waals surface area (Å²) >= 11 is 0. The van der Waals surface area contributed by atoms with Gasteiger partial charge in [-0.1, -0.05) is 24.3 Å². The third-order valence-corrected chi connectivity index (χ3v) is 6.38. The number of fused-ring (bicyclic) bond motifs is 2. The van der Waals surface area contributed by atoms with Crippen molar-refractivity contribution in [3.8, 4) is 5.75 Å². The van der Waals surface area contributed by atoms with Crippen LogP contribution in [0.4, 0.5) is 10.5 Å². The van der Waals surface area contributed by atoms with Gasteiger partial charge in [-0.2, -0.15) is 0 Å². The van der Waals surface area contributed by atoms with Gasteiger partial charge in [-0.25, -0.2) is 4.79 Å². The van der Waals surface area contributed by atoms with Crippen molar-refractivity contribution in [2.24, 2.45) is 0 Å². The van der Waals surface area contributed by atoms with Crippen molar-refractivity contribution >= 4 is 11.8 Å². The van der Waals surface area contributed by atoms with E-state index in [9.17, 15) is 4.79 Å². The Bertz CT molecular complexity index is 1010. The second-order valence-corrected chi connectivity index (χ2v) is 9.93. The Labute approximate surface area is 197 Å². The second kappa shape index (κ2) is 9.64. The lowest BCUT2D eigenvalue weighted by Gasteiger charge is -2.34. The minimum atomic E-state index is -0.487. The van der Waals surface area contributed by atoms with Gasteiger partial charge in [-0.15, -0.1) is 0 Å². The number of hydrogen-bond donors (Lipinski definition) is 0. The molecule has 2 aliphatic rings. The van der Waals surface area contributed by atoms with Gasteiger partial charge in [0.1, 0.15) is 18.0 Å². The van der Waals surface area contributed by atoms with Crippen LogP contribution in [0.5, 0.6) is 5.75 Å². The summed E-state index contributed by atoms with van der Waals surface area (Å²) in [5, 5.41) is 0. The number of methoxy groups -OCH3 is 1. The molecule has 6 nitrogen and oxygen atoms in total. The summed E-state index contributed by atoms with van der Waals surface area (Å²) in [6.07, 6.45) is 1.40. The van der Waals surface area contributed by atoms with Crippen molar-refractivity contribution in [2.75, 3.05) is 38.3 Å². The van der Waals surface area contributed by atoms with Crippen LogP contribution in [0.15, 0.2) is 30.3 Å². The summed E-state index contributed by atoms with van der Waals surface area (Å²) in [6.45, 7) is 12.2. The summed E-state index contributed by atoms with van der Waals surface area (Å²) in [7, 11) is 1.74. The lowest BCUT2D eigenvalue weighted by molar-refractivity contribution is 0.0258. The van der Waals surface area contributed by atoms with Crippen molar-refractivity contribution < 1.29 is 19.0 Å². The summed E-state index contributed by atoms with van der Waals surface area (Å²) in [6, 6.07) is 10.7. The summed E-state index contributed by atoms with van der Waals surface area (Å²) < 4.78 is 17.2. The highest BCUT2D eigenvalue weighted by atomic mass is 16.6. The highest BCUT2D eigenvalue weighted by Gasteiger charge is 2.29. The van der Waals surface area contributed by atoms with Crippen LogP contribution in [0.1, 0.15) is 48.6 Å². The van der Waals surface area contributed by atoms with E-state index in [1.807, 2.05) is 25.7 Å². The molecule has 178 valence electrons. The molecule has 0 bridgehead atoms. The first-order valence-corrected chi connectivity index (χ1v) is 11.8. The summed E-state index contributed by atoms with van der Waals surface area (Å²) in [4.78, 5) is 16.9. The topological polar surface area (TPSA) is 51.2 Å². The Morgan fingerprint density at radius 2 is 1.82 bits per heavy atom. The number of rotatable bonds is 4. The van der Waals surface area contributed by atoms with Gasteiger partial charge >= 0.3 is 6.09 Å². The molecule has 0 aromatic heterocycles. The Morgan fingerprint density at radius 3 is 2.55 bits per heavy atom. The van der Waals surface area contributed by atoms with Crippen LogP contribution in [-0.4, -0.2) is 49.9 Å². The molecule has 0 saturated heterocycles. The van der Waals surface area contributed by atoms with E-state index < -0.39 is 5.60 Å². The van der Waals surface area contributed by atoms with Gasteiger partial charge in [0.05, 0.1) is 18.8 Å². The van der Waals surface area contributed by atoms with E-state index in [2.05, 4.69) is 42.2 Å². The first-order valence-electron chi connectivity index (χ1n) is 11.8. The second-order valence-electron chi connectivity index (χ2n) is 9.93. The number of carbonyl (C=O) groups is 1. The van der Waals surface area contributed by atoms with Gasteiger partial charge in [0.15, 0.2) is 0 Å². The van der Waals surface area contributed by atoms with Crippen LogP contribution in [-0.2, 0) is 35.5 Å². The third kappa shape index (κ3) is 5.27. The maximum Gasteiger partial charge on any atom is 0.410 e. The lowest BCUT2D eigenvalue weighted by atomic mass is 9.94. The number of ether oxygens (including phenoxy) is 3. The van der Waals surface area contributed by atoms with Crippen LogP contribution in [0.2, 0.25) is 0 Å². The highest BCUT2D eigenvalue weighted by molar-refractivity contribution is 5.71. The minimum absolute atomic E-state index is 0.231. The Balaban J connectivity index is 1.59. The predicted molar refractivity (Wildman–Crippen MR) is 130 cm³/mol. The van der Waals surface area contributed by atoms with Crippen LogP contribution < -0.4 is 9.64 Å². The number of amides is 1. The van der Waals surface area contributed by atoms with Crippen LogP contribution in [0.25, 0.3) is 0 Å². The van der Waals surface area contributed by atoms with Crippen LogP contribution in [0, 0.1) is 6.92 Å². The van der Waals surface area contributed by atoms with E-state index in [1.165, 1.54) is 33.5 Å². The van der Waals surface area contributed by atoms with Crippen molar-refractivity contribution in [3.05, 3.63) is 58.1 Å². The van der Waals surface area contributed by atoms with Gasteiger partial charge in [0.25, 0.3) is 0 Å². The molecule has 2 aromatic rings. The average molecular weight is 453 g/mol. The molecule has 2 heterocycles. The SMILES string of the molecule is COCc1ccccc1CN1CCOc2cc3c(c(C)c21)CCN(C(=O)OC(C)(C)C)CC3. The molecule has 0 radical (unpaired) electrons. The third-order valence-electron chi connectivity index (χ3n) is 6.38. The van der Waals surface area contributed by atoms with Gasteiger partial charge in [0, 0.05) is 26.7 Å². The number of hydrogen-bond acceptors (Lipinski definition) is 5. The lowest BCUT2D eigenvalue weighted by Crippen LogP contribution is -2.38. The summed E-state index contributed by atoms with van der Waals surface area (Å²) in [5.41, 5.74) is 7.06. The van der Waals surface area contributed by atoms with Crippen molar-refractivity contribution in [1.82, 2.24) is 4.90 Å². The monoisotopic (exact) mass is 452 g/mol. The molecule has 0 aliphatic carbocycles. The fourth-order valence-electron chi connectivity index (χ4n) is 4.83. The molecular weight excluding hydrogens is 416 g/mol. The van der Waals surface area contributed by atoms with E-state index in [1.54, 1.807) is 7.11 Å². The van der Waals surface area contributed by atoms with Gasteiger partial charge < -0.3 is 24.0 Å². The van der Waals surface area contributed by atoms with Gasteiger partial charge in [0.2, 0.25) is 0 Å². The highest BCUT2D eigenvalue weighted by Crippen LogP contribution is 2.40. The molecular formula is C27H36N2O4. The molecule has 0 saturated carbocycles. The number of anilines is 1. The normalized spacial score (nSPS) is 15.9. The zero-order chi connectivity index (χ0) is 23.6. The number of carbonyl (C=O) groups excluding carboxylic acids is 1. The quantitative estimate of drug-likeness (QED) is 0.662. The van der Waals surface area contributed by atoms with Crippen LogP contribution >= 0.6 is 0 Å². The standard InChI is InChI=1S/C27H36N2O4/c1-19-23-11-13-28(26(30)33-27(2,3)4)12-10-20(23)16-24-25(19)29(14-15-32-24)17-21-8-6-7-9-22(21)18-31-5/h6-9,16H,10-15,17-18H2,1-5H3. The maximum absolute atomic E-state index is 12.7. The Morgan fingerprint density at radius 1 is 1.09 bits per heavy atom. The van der Waals surface area contributed by atoms with Gasteiger partial charge in [-0.3, -0.25) is 0 Å². The van der Waals surface area contributed by atoms with Crippen molar-refractivity contribution in [1.29, 1.82) is 0 Å². The molecule has 4 rings (SSSR count). The molecule has 6 heteroatoms. The van der Waals surface area contributed by atoms with Crippen molar-refractivity contribution in [2.45, 2.75) is 59.3 Å². The van der Waals surface area contributed by atoms with E-state index in [0.717, 1.165) is 31.7 Å². The maximum atomic E-state index is 12.7. The molecule has 0 fully saturated rings. The first kappa shape index (κ1) is 23.4. The largest absolute Gasteiger partial charge is 0.490 e. The zero-order valence-electron chi connectivity index (χ0n) is 20.6. The first-order chi connectivity index (χ1) is 15.8. The fourth-order valence-corrected chi connectivity index (χ4v) is 4.83. The molecule has 2 aliphatic heterocycles.